The van der Waals surface area contributed by atoms with Crippen LogP contribution in [0.25, 0.3) is 11.8 Å². The molecule has 0 spiro atoms. The van der Waals surface area contributed by atoms with Gasteiger partial charge in [0.25, 0.3) is 0 Å². The molecule has 0 amide bonds. The van der Waals surface area contributed by atoms with Crippen LogP contribution in [0, 0.1) is 5.41 Å². The topological polar surface area (TPSA) is 29.1 Å². The van der Waals surface area contributed by atoms with E-state index >= 15 is 0 Å². The Hall–Kier alpha value is -2.40. The van der Waals surface area contributed by atoms with Crippen molar-refractivity contribution in [3.05, 3.63) is 126 Å². The maximum absolute atomic E-state index is 14.2. The first-order valence-electron chi connectivity index (χ1n) is 11.5. The molecule has 5 rings (SSSR count). The van der Waals surface area contributed by atoms with Gasteiger partial charge in [-0.1, -0.05) is 93.7 Å². The molecule has 1 heterocycles. The molecule has 0 radical (unpaired) electrons. The first-order valence-corrected chi connectivity index (χ1v) is 13.4. The molecule has 1 aliphatic carbocycles. The van der Waals surface area contributed by atoms with Crippen molar-refractivity contribution in [2.75, 3.05) is 0 Å². The number of carbonyl (C=O) groups is 1. The molecule has 1 aliphatic heterocycles. The second kappa shape index (κ2) is 9.57. The van der Waals surface area contributed by atoms with Crippen LogP contribution in [0.4, 0.5) is 0 Å². The molecular formula is C30H24Br2ClNO. The number of ketones is 1. The molecule has 0 saturated carbocycles. The quantitative estimate of drug-likeness (QED) is 0.301. The summed E-state index contributed by atoms with van der Waals surface area (Å²) < 4.78 is 2.03. The molecule has 0 bridgehead atoms. The monoisotopic (exact) mass is 607 g/mol. The zero-order valence-electron chi connectivity index (χ0n) is 19.4. The molecule has 1 N–H and O–H groups in total. The molecule has 3 aromatic rings. The van der Waals surface area contributed by atoms with E-state index in [0.29, 0.717) is 5.02 Å². The first kappa shape index (κ1) is 24.3. The van der Waals surface area contributed by atoms with Crippen molar-refractivity contribution in [2.24, 2.45) is 5.41 Å². The van der Waals surface area contributed by atoms with E-state index in [1.165, 1.54) is 0 Å². The van der Waals surface area contributed by atoms with Gasteiger partial charge in [-0.2, -0.15) is 0 Å². The van der Waals surface area contributed by atoms with Crippen LogP contribution in [0.2, 0.25) is 5.02 Å². The van der Waals surface area contributed by atoms with E-state index in [-0.39, 0.29) is 17.1 Å². The Morgan fingerprint density at radius 2 is 1.51 bits per heavy atom. The van der Waals surface area contributed by atoms with Crippen LogP contribution >= 0.6 is 43.5 Å². The van der Waals surface area contributed by atoms with E-state index in [1.807, 2.05) is 60.7 Å². The fourth-order valence-corrected chi connectivity index (χ4v) is 5.49. The molecule has 5 heteroatoms. The lowest BCUT2D eigenvalue weighted by Crippen LogP contribution is -2.37. The molecule has 2 nitrogen and oxygen atoms in total. The largest absolute Gasteiger partial charge is 0.358 e. The lowest BCUT2D eigenvalue weighted by molar-refractivity contribution is -0.113. The number of Topliss-reactive ketones (excluding diaryl/α,β-unsaturated/α-hetero) is 1. The number of halogens is 3. The van der Waals surface area contributed by atoms with Crippen molar-refractivity contribution >= 4 is 61.0 Å². The van der Waals surface area contributed by atoms with E-state index in [4.69, 9.17) is 11.6 Å². The van der Waals surface area contributed by atoms with Gasteiger partial charge >= 0.3 is 0 Å². The molecule has 0 saturated heterocycles. The summed E-state index contributed by atoms with van der Waals surface area (Å²) in [6.07, 6.45) is 4.96. The summed E-state index contributed by atoms with van der Waals surface area (Å²) in [6.45, 7) is 4.30. The van der Waals surface area contributed by atoms with Gasteiger partial charge < -0.3 is 5.32 Å². The van der Waals surface area contributed by atoms with Crippen molar-refractivity contribution in [3.8, 4) is 0 Å². The smallest absolute Gasteiger partial charge is 0.188 e. The fourth-order valence-electron chi connectivity index (χ4n) is 4.83. The van der Waals surface area contributed by atoms with E-state index < -0.39 is 0 Å². The van der Waals surface area contributed by atoms with Crippen LogP contribution in [0.3, 0.4) is 0 Å². The van der Waals surface area contributed by atoms with Gasteiger partial charge in [-0.25, -0.2) is 0 Å². The van der Waals surface area contributed by atoms with Crippen LogP contribution < -0.4 is 5.32 Å². The minimum Gasteiger partial charge on any atom is -0.358 e. The molecule has 35 heavy (non-hydrogen) atoms. The Labute approximate surface area is 228 Å². The van der Waals surface area contributed by atoms with Crippen molar-refractivity contribution < 1.29 is 4.79 Å². The third-order valence-corrected chi connectivity index (χ3v) is 7.97. The second-order valence-corrected chi connectivity index (χ2v) is 11.9. The molecule has 1 atom stereocenters. The number of rotatable bonds is 3. The highest BCUT2D eigenvalue weighted by Crippen LogP contribution is 2.48. The first-order chi connectivity index (χ1) is 16.7. The van der Waals surface area contributed by atoms with Gasteiger partial charge in [0.1, 0.15) is 0 Å². The SMILES string of the molecule is CC1(C)CC2=C(C(=O)/C1=C\c1ccc(Br)cc1)C(c1ccc(Br)cc1)C=C(c1ccc(Cl)cc1)N2. The molecule has 1 unspecified atom stereocenters. The molecule has 2 aliphatic rings. The van der Waals surface area contributed by atoms with Crippen molar-refractivity contribution in [1.82, 2.24) is 5.32 Å². The van der Waals surface area contributed by atoms with E-state index in [9.17, 15) is 4.79 Å². The summed E-state index contributed by atoms with van der Waals surface area (Å²) in [7, 11) is 0. The Morgan fingerprint density at radius 3 is 2.14 bits per heavy atom. The Kier molecular flexibility index (Phi) is 6.65. The lowest BCUT2D eigenvalue weighted by atomic mass is 9.67. The predicted molar refractivity (Wildman–Crippen MR) is 152 cm³/mol. The Bertz CT molecular complexity index is 1380. The summed E-state index contributed by atoms with van der Waals surface area (Å²) in [5, 5.41) is 4.31. The average Bonchev–Trinajstić information content (AvgIpc) is 2.83. The molecule has 3 aromatic carbocycles. The van der Waals surface area contributed by atoms with Gasteiger partial charge in [0.15, 0.2) is 5.78 Å². The summed E-state index contributed by atoms with van der Waals surface area (Å²) in [4.78, 5) is 14.2. The van der Waals surface area contributed by atoms with Crippen molar-refractivity contribution in [2.45, 2.75) is 26.2 Å². The summed E-state index contributed by atoms with van der Waals surface area (Å²) in [6, 6.07) is 24.1. The highest BCUT2D eigenvalue weighted by atomic mass is 79.9. The fraction of sp³-hybridized carbons (Fsp3) is 0.167. The number of carbonyl (C=O) groups excluding carboxylic acids is 1. The van der Waals surface area contributed by atoms with E-state index in [0.717, 1.165) is 54.6 Å². The molecular weight excluding hydrogens is 586 g/mol. The number of dihydropyridines is 1. The van der Waals surface area contributed by atoms with Crippen molar-refractivity contribution in [1.29, 1.82) is 0 Å². The van der Waals surface area contributed by atoms with Gasteiger partial charge in [0.2, 0.25) is 0 Å². The Morgan fingerprint density at radius 1 is 0.914 bits per heavy atom. The zero-order valence-corrected chi connectivity index (χ0v) is 23.3. The standard InChI is InChI=1S/C30H24Br2ClNO/c1-30(2)17-27-28(29(35)25(30)15-18-3-9-21(31)10-4-18)24(19-5-11-22(32)12-6-19)16-26(34-27)20-7-13-23(33)14-8-20/h3-16,24,34H,17H2,1-2H3/b25-15+. The molecule has 0 aromatic heterocycles. The van der Waals surface area contributed by atoms with E-state index in [1.54, 1.807) is 0 Å². The maximum Gasteiger partial charge on any atom is 0.188 e. The maximum atomic E-state index is 14.2. The summed E-state index contributed by atoms with van der Waals surface area (Å²) >= 11 is 13.2. The second-order valence-electron chi connectivity index (χ2n) is 9.63. The number of allylic oxidation sites excluding steroid dienone is 4. The number of hydrogen-bond donors (Lipinski definition) is 1. The van der Waals surface area contributed by atoms with Crippen LogP contribution in [-0.2, 0) is 4.79 Å². The van der Waals surface area contributed by atoms with Gasteiger partial charge in [-0.15, -0.1) is 0 Å². The van der Waals surface area contributed by atoms with E-state index in [2.05, 4.69) is 75.3 Å². The highest BCUT2D eigenvalue weighted by molar-refractivity contribution is 9.10. The zero-order chi connectivity index (χ0) is 24.7. The number of hydrogen-bond acceptors (Lipinski definition) is 2. The molecule has 176 valence electrons. The van der Waals surface area contributed by atoms with Crippen molar-refractivity contribution in [3.63, 3.8) is 0 Å². The van der Waals surface area contributed by atoms with Gasteiger partial charge in [0, 0.05) is 42.4 Å². The number of benzene rings is 3. The minimum atomic E-state index is -0.317. The number of nitrogens with one attached hydrogen (secondary N) is 1. The lowest BCUT2D eigenvalue weighted by Gasteiger charge is -2.40. The van der Waals surface area contributed by atoms with Gasteiger partial charge in [-0.3, -0.25) is 4.79 Å². The van der Waals surface area contributed by atoms with Crippen LogP contribution in [0.1, 0.15) is 42.9 Å². The predicted octanol–water partition coefficient (Wildman–Crippen LogP) is 8.93. The van der Waals surface area contributed by atoms with Crippen LogP contribution in [0.15, 0.2) is 105 Å². The highest BCUT2D eigenvalue weighted by Gasteiger charge is 2.42. The third-order valence-electron chi connectivity index (χ3n) is 6.66. The third kappa shape index (κ3) is 4.97. The van der Waals surface area contributed by atoms with Gasteiger partial charge in [0.05, 0.1) is 0 Å². The summed E-state index contributed by atoms with van der Waals surface area (Å²) in [5.41, 5.74) is 6.50. The normalized spacial score (nSPS) is 20.4. The molecule has 0 fully saturated rings. The Balaban J connectivity index is 1.63. The minimum absolute atomic E-state index is 0.103. The van der Waals surface area contributed by atoms with Crippen LogP contribution in [-0.4, -0.2) is 5.78 Å². The van der Waals surface area contributed by atoms with Gasteiger partial charge in [-0.05, 0) is 77.1 Å². The summed E-state index contributed by atoms with van der Waals surface area (Å²) in [5.74, 6) is -0.0482. The average molecular weight is 610 g/mol. The van der Waals surface area contributed by atoms with Crippen LogP contribution in [0.5, 0.6) is 0 Å².